The maximum absolute atomic E-state index is 8.22. The minimum absolute atomic E-state index is 0. The van der Waals surface area contributed by atoms with Crippen LogP contribution in [0.1, 0.15) is 6.42 Å². The molecule has 0 aromatic heterocycles. The molecule has 9 heavy (non-hydrogen) atoms. The van der Waals surface area contributed by atoms with E-state index in [-0.39, 0.29) is 56.8 Å². The van der Waals surface area contributed by atoms with Crippen molar-refractivity contribution in [2.75, 3.05) is 13.2 Å². The zero-order chi connectivity index (χ0) is 6.04. The van der Waals surface area contributed by atoms with Gasteiger partial charge in [0.05, 0.1) is 6.07 Å². The summed E-state index contributed by atoms with van der Waals surface area (Å²) in [4.78, 5) is 0. The van der Waals surface area contributed by atoms with Gasteiger partial charge >= 0.3 is 51.4 Å². The van der Waals surface area contributed by atoms with Crippen molar-refractivity contribution >= 4 is 0 Å². The fourth-order valence-corrected chi connectivity index (χ4v) is 0.661. The summed E-state index contributed by atoms with van der Waals surface area (Å²) in [5, 5.41) is 8.22. The number of rotatable bonds is 1. The summed E-state index contributed by atoms with van der Waals surface area (Å²) in [5.74, 6) is 0. The standard InChI is InChI=1S/C6H8NO.K/c1-6(2-3-7)4-8-5-6;/h1-2,4-5H2;/q-1;+1. The summed E-state index contributed by atoms with van der Waals surface area (Å²) >= 11 is 0. The third-order valence-electron chi connectivity index (χ3n) is 1.27. The van der Waals surface area contributed by atoms with E-state index in [1.54, 1.807) is 0 Å². The molecule has 0 N–H and O–H groups in total. The van der Waals surface area contributed by atoms with Gasteiger partial charge in [-0.15, -0.1) is 0 Å². The third kappa shape index (κ3) is 2.66. The number of nitrogens with zero attached hydrogens (tertiary/aromatic N) is 1. The van der Waals surface area contributed by atoms with Gasteiger partial charge in [-0.05, 0) is 0 Å². The molecule has 0 radical (unpaired) electrons. The van der Waals surface area contributed by atoms with Gasteiger partial charge in [0.2, 0.25) is 0 Å². The summed E-state index contributed by atoms with van der Waals surface area (Å²) in [5.41, 5.74) is -0.0608. The van der Waals surface area contributed by atoms with E-state index in [1.165, 1.54) is 0 Å². The zero-order valence-electron chi connectivity index (χ0n) is 5.68. The Bertz CT molecular complexity index is 126. The van der Waals surface area contributed by atoms with Crippen LogP contribution in [0.15, 0.2) is 0 Å². The summed E-state index contributed by atoms with van der Waals surface area (Å²) in [6.45, 7) is 5.12. The van der Waals surface area contributed by atoms with E-state index in [4.69, 9.17) is 10.00 Å². The molecular formula is C6H8KNO. The van der Waals surface area contributed by atoms with Gasteiger partial charge in [0.15, 0.2) is 0 Å². The number of nitriles is 1. The fraction of sp³-hybridized carbons (Fsp3) is 0.667. The first kappa shape index (κ1) is 10.1. The summed E-state index contributed by atoms with van der Waals surface area (Å²) in [6.07, 6.45) is 0.521. The van der Waals surface area contributed by atoms with Crippen LogP contribution in [0, 0.1) is 23.7 Å². The Labute approximate surface area is 98.0 Å². The number of hydrogen-bond acceptors (Lipinski definition) is 2. The minimum Gasteiger partial charge on any atom is -0.385 e. The van der Waals surface area contributed by atoms with Crippen LogP contribution in [0.2, 0.25) is 0 Å². The molecule has 0 aliphatic carbocycles. The van der Waals surface area contributed by atoms with E-state index in [2.05, 4.69) is 13.0 Å². The SMILES string of the molecule is [CH2-]C1(CC#N)COC1.[K+]. The van der Waals surface area contributed by atoms with Gasteiger partial charge in [-0.2, -0.15) is 5.26 Å². The Morgan fingerprint density at radius 2 is 2.22 bits per heavy atom. The second-order valence-corrected chi connectivity index (χ2v) is 2.33. The summed E-state index contributed by atoms with van der Waals surface area (Å²) in [6, 6.07) is 2.07. The van der Waals surface area contributed by atoms with E-state index in [1.807, 2.05) is 0 Å². The third-order valence-corrected chi connectivity index (χ3v) is 1.27. The van der Waals surface area contributed by atoms with Crippen molar-refractivity contribution < 1.29 is 56.1 Å². The van der Waals surface area contributed by atoms with Crippen LogP contribution >= 0.6 is 0 Å². The van der Waals surface area contributed by atoms with Crippen molar-refractivity contribution in [2.45, 2.75) is 6.42 Å². The van der Waals surface area contributed by atoms with Crippen molar-refractivity contribution in [1.29, 1.82) is 5.26 Å². The van der Waals surface area contributed by atoms with Gasteiger partial charge in [-0.3, -0.25) is 0 Å². The molecule has 1 saturated heterocycles. The Balaban J connectivity index is 0.000000640. The molecule has 0 aromatic rings. The largest absolute Gasteiger partial charge is 1.00 e. The normalized spacial score (nSPS) is 20.9. The van der Waals surface area contributed by atoms with Crippen molar-refractivity contribution in [3.8, 4) is 6.07 Å². The molecular weight excluding hydrogens is 141 g/mol. The molecule has 3 heteroatoms. The van der Waals surface area contributed by atoms with Gasteiger partial charge in [0.25, 0.3) is 0 Å². The molecule has 1 aliphatic heterocycles. The van der Waals surface area contributed by atoms with E-state index < -0.39 is 0 Å². The van der Waals surface area contributed by atoms with Crippen molar-refractivity contribution in [2.24, 2.45) is 5.41 Å². The first-order valence-electron chi connectivity index (χ1n) is 2.57. The monoisotopic (exact) mass is 149 g/mol. The quantitative estimate of drug-likeness (QED) is 0.312. The molecule has 1 heterocycles. The Kier molecular flexibility index (Phi) is 4.56. The van der Waals surface area contributed by atoms with Crippen molar-refractivity contribution in [1.82, 2.24) is 0 Å². The fourth-order valence-electron chi connectivity index (χ4n) is 0.661. The maximum Gasteiger partial charge on any atom is 1.00 e. The topological polar surface area (TPSA) is 33.0 Å². The first-order chi connectivity index (χ1) is 3.77. The van der Waals surface area contributed by atoms with Crippen LogP contribution in [0.25, 0.3) is 0 Å². The molecule has 44 valence electrons. The molecule has 0 unspecified atom stereocenters. The van der Waals surface area contributed by atoms with Gasteiger partial charge in [0.1, 0.15) is 0 Å². The predicted octanol–water partition coefficient (Wildman–Crippen LogP) is -2.25. The average molecular weight is 149 g/mol. The predicted molar refractivity (Wildman–Crippen MR) is 28.8 cm³/mol. The Morgan fingerprint density at radius 1 is 1.67 bits per heavy atom. The molecule has 2 nitrogen and oxygen atoms in total. The van der Waals surface area contributed by atoms with Crippen LogP contribution in [-0.2, 0) is 4.74 Å². The van der Waals surface area contributed by atoms with Gasteiger partial charge in [-0.1, -0.05) is 5.41 Å². The zero-order valence-corrected chi connectivity index (χ0v) is 8.81. The van der Waals surface area contributed by atoms with E-state index in [0.29, 0.717) is 19.6 Å². The molecule has 0 atom stereocenters. The van der Waals surface area contributed by atoms with Crippen LogP contribution in [0.4, 0.5) is 0 Å². The molecule has 0 saturated carbocycles. The smallest absolute Gasteiger partial charge is 0.385 e. The second-order valence-electron chi connectivity index (χ2n) is 2.33. The molecule has 1 fully saturated rings. The van der Waals surface area contributed by atoms with Crippen LogP contribution < -0.4 is 51.4 Å². The van der Waals surface area contributed by atoms with Gasteiger partial charge in [-0.25, -0.2) is 0 Å². The van der Waals surface area contributed by atoms with Crippen LogP contribution in [0.3, 0.4) is 0 Å². The number of ether oxygens (including phenoxy) is 1. The van der Waals surface area contributed by atoms with E-state index in [0.717, 1.165) is 0 Å². The minimum atomic E-state index is -0.0608. The summed E-state index contributed by atoms with van der Waals surface area (Å²) < 4.78 is 4.88. The van der Waals surface area contributed by atoms with Gasteiger partial charge < -0.3 is 11.7 Å². The average Bonchev–Trinajstić information content (AvgIpc) is 1.64. The Hall–Kier alpha value is 1.09. The first-order valence-corrected chi connectivity index (χ1v) is 2.57. The Morgan fingerprint density at radius 3 is 2.33 bits per heavy atom. The molecule has 1 aliphatic rings. The summed E-state index contributed by atoms with van der Waals surface area (Å²) in [7, 11) is 0. The molecule has 0 bridgehead atoms. The number of hydrogen-bond donors (Lipinski definition) is 0. The van der Waals surface area contributed by atoms with Crippen molar-refractivity contribution in [3.63, 3.8) is 0 Å². The molecule has 0 spiro atoms. The van der Waals surface area contributed by atoms with E-state index >= 15 is 0 Å². The van der Waals surface area contributed by atoms with E-state index in [9.17, 15) is 0 Å². The molecule has 1 rings (SSSR count). The van der Waals surface area contributed by atoms with Gasteiger partial charge in [0, 0.05) is 19.6 Å². The maximum atomic E-state index is 8.22. The molecule has 0 aromatic carbocycles. The molecule has 0 amide bonds. The second kappa shape index (κ2) is 4.07. The van der Waals surface area contributed by atoms with Crippen LogP contribution in [-0.4, -0.2) is 13.2 Å². The van der Waals surface area contributed by atoms with Crippen molar-refractivity contribution in [3.05, 3.63) is 6.92 Å². The van der Waals surface area contributed by atoms with Crippen LogP contribution in [0.5, 0.6) is 0 Å².